The van der Waals surface area contributed by atoms with E-state index >= 15 is 0 Å². The van der Waals surface area contributed by atoms with Gasteiger partial charge < -0.3 is 15.8 Å². The fourth-order valence-electron chi connectivity index (χ4n) is 2.61. The maximum atomic E-state index is 14.8. The van der Waals surface area contributed by atoms with Gasteiger partial charge >= 0.3 is 5.92 Å². The minimum Gasteiger partial charge on any atom is -0.453 e. The molecule has 2 heterocycles. The fraction of sp³-hybridized carbons (Fsp3) is 0.294. The predicted octanol–water partition coefficient (Wildman–Crippen LogP) is 3.32. The molecular formula is C17H15ClF3N5O2. The van der Waals surface area contributed by atoms with E-state index in [4.69, 9.17) is 22.1 Å². The topological polar surface area (TPSA) is 102 Å². The summed E-state index contributed by atoms with van der Waals surface area (Å²) in [6.45, 7) is 2.26. The van der Waals surface area contributed by atoms with E-state index in [-0.39, 0.29) is 16.5 Å². The van der Waals surface area contributed by atoms with Crippen molar-refractivity contribution in [2.24, 2.45) is 10.7 Å². The van der Waals surface area contributed by atoms with Gasteiger partial charge in [0.25, 0.3) is 11.9 Å². The Morgan fingerprint density at radius 1 is 1.29 bits per heavy atom. The lowest BCUT2D eigenvalue weighted by molar-refractivity contribution is -0.180. The maximum Gasteiger partial charge on any atom is 0.312 e. The number of hydrogen-bond acceptors (Lipinski definition) is 6. The third-order valence-corrected chi connectivity index (χ3v) is 4.33. The molecule has 28 heavy (non-hydrogen) atoms. The number of rotatable bonds is 3. The van der Waals surface area contributed by atoms with Crippen molar-refractivity contribution in [2.45, 2.75) is 31.4 Å². The van der Waals surface area contributed by atoms with E-state index in [9.17, 15) is 18.0 Å². The van der Waals surface area contributed by atoms with Crippen LogP contribution in [0.15, 0.2) is 35.6 Å². The second kappa shape index (κ2) is 6.93. The van der Waals surface area contributed by atoms with Crippen LogP contribution in [0.2, 0.25) is 5.02 Å². The molecule has 1 aliphatic rings. The van der Waals surface area contributed by atoms with Crippen LogP contribution in [0.5, 0.6) is 0 Å². The van der Waals surface area contributed by atoms with Gasteiger partial charge in [0.2, 0.25) is 5.82 Å². The smallest absolute Gasteiger partial charge is 0.312 e. The molecule has 0 radical (unpaired) electrons. The van der Waals surface area contributed by atoms with Gasteiger partial charge in [-0.05, 0) is 32.0 Å². The van der Waals surface area contributed by atoms with Gasteiger partial charge in [0.05, 0.1) is 5.02 Å². The number of aromatic nitrogens is 2. The largest absolute Gasteiger partial charge is 0.453 e. The number of ether oxygens (including phenoxy) is 1. The van der Waals surface area contributed by atoms with Crippen LogP contribution in [-0.4, -0.2) is 33.4 Å². The predicted molar refractivity (Wildman–Crippen MR) is 95.9 cm³/mol. The van der Waals surface area contributed by atoms with Crippen LogP contribution < -0.4 is 11.1 Å². The standard InChI is InChI=1S/C17H15ClF3N5O2/c1-16(2)17(20,21)12(26-15(22)28-16)10-5-9(3-4-11(10)19)25-14(27)13-23-6-8(18)7-24-13/h3-7,12H,1-2H3,(H2,22,26)(H,25,27). The Morgan fingerprint density at radius 2 is 1.93 bits per heavy atom. The number of hydrogen-bond donors (Lipinski definition) is 2. The Kier molecular flexibility index (Phi) is 4.92. The molecule has 0 aliphatic carbocycles. The fourth-order valence-corrected chi connectivity index (χ4v) is 2.70. The zero-order chi connectivity index (χ0) is 20.7. The summed E-state index contributed by atoms with van der Waals surface area (Å²) < 4.78 is 48.9. The SMILES string of the molecule is CC1(C)OC(N)=NC(c2cc(NC(=O)c3ncc(Cl)cn3)ccc2F)C1(F)F. The highest BCUT2D eigenvalue weighted by Crippen LogP contribution is 2.47. The lowest BCUT2D eigenvalue weighted by atomic mass is 9.88. The second-order valence-corrected chi connectivity index (χ2v) is 6.96. The molecule has 7 nitrogen and oxygen atoms in total. The summed E-state index contributed by atoms with van der Waals surface area (Å²) in [5.41, 5.74) is 3.09. The number of nitrogens with two attached hydrogens (primary N) is 1. The summed E-state index contributed by atoms with van der Waals surface area (Å²) in [7, 11) is 0. The number of alkyl halides is 2. The minimum absolute atomic E-state index is 0.0498. The van der Waals surface area contributed by atoms with E-state index in [1.807, 2.05) is 0 Å². The molecule has 1 amide bonds. The molecule has 3 N–H and O–H groups in total. The van der Waals surface area contributed by atoms with Crippen LogP contribution in [0.3, 0.4) is 0 Å². The molecule has 3 rings (SSSR count). The highest BCUT2D eigenvalue weighted by atomic mass is 35.5. The van der Waals surface area contributed by atoms with Gasteiger partial charge in [0, 0.05) is 23.6 Å². The lowest BCUT2D eigenvalue weighted by Gasteiger charge is -2.41. The number of carbonyl (C=O) groups is 1. The molecule has 1 unspecified atom stereocenters. The molecule has 0 bridgehead atoms. The van der Waals surface area contributed by atoms with Gasteiger partial charge in [0.15, 0.2) is 11.6 Å². The first-order valence-electron chi connectivity index (χ1n) is 8.00. The van der Waals surface area contributed by atoms with Crippen LogP contribution in [0.1, 0.15) is 36.1 Å². The van der Waals surface area contributed by atoms with Gasteiger partial charge in [-0.2, -0.15) is 8.78 Å². The summed E-state index contributed by atoms with van der Waals surface area (Å²) in [6.07, 6.45) is 2.45. The molecular weight excluding hydrogens is 399 g/mol. The summed E-state index contributed by atoms with van der Waals surface area (Å²) in [5, 5.41) is 2.65. The second-order valence-electron chi connectivity index (χ2n) is 6.52. The van der Waals surface area contributed by atoms with Crippen LogP contribution in [0, 0.1) is 5.82 Å². The summed E-state index contributed by atoms with van der Waals surface area (Å²) >= 11 is 5.66. The van der Waals surface area contributed by atoms with Crippen molar-refractivity contribution in [3.05, 3.63) is 52.8 Å². The highest BCUT2D eigenvalue weighted by molar-refractivity contribution is 6.30. The van der Waals surface area contributed by atoms with Gasteiger partial charge in [-0.25, -0.2) is 19.4 Å². The Labute approximate surface area is 162 Å². The molecule has 0 saturated heterocycles. The molecule has 0 spiro atoms. The van der Waals surface area contributed by atoms with Gasteiger partial charge in [-0.15, -0.1) is 0 Å². The molecule has 1 aromatic heterocycles. The number of amides is 1. The number of nitrogens with one attached hydrogen (secondary N) is 1. The Morgan fingerprint density at radius 3 is 2.57 bits per heavy atom. The van der Waals surface area contributed by atoms with Crippen LogP contribution in [0.4, 0.5) is 18.9 Å². The molecule has 2 aromatic rings. The molecule has 0 saturated carbocycles. The minimum atomic E-state index is -3.57. The van der Waals surface area contributed by atoms with E-state index in [0.29, 0.717) is 0 Å². The van der Waals surface area contributed by atoms with Crippen LogP contribution in [-0.2, 0) is 4.74 Å². The van der Waals surface area contributed by atoms with Crippen molar-refractivity contribution in [3.8, 4) is 0 Å². The molecule has 0 fully saturated rings. The van der Waals surface area contributed by atoms with Gasteiger partial charge in [-0.3, -0.25) is 4.79 Å². The zero-order valence-corrected chi connectivity index (χ0v) is 15.5. The zero-order valence-electron chi connectivity index (χ0n) is 14.7. The molecule has 1 aromatic carbocycles. The normalized spacial score (nSPS) is 20.1. The third kappa shape index (κ3) is 3.59. The van der Waals surface area contributed by atoms with Crippen LogP contribution in [0.25, 0.3) is 0 Å². The molecule has 1 atom stereocenters. The lowest BCUT2D eigenvalue weighted by Crippen LogP contribution is -2.54. The number of benzene rings is 1. The number of aliphatic imine (C=N–C) groups is 1. The van der Waals surface area contributed by atoms with Crippen molar-refractivity contribution >= 4 is 29.2 Å². The first kappa shape index (κ1) is 19.9. The van der Waals surface area contributed by atoms with Gasteiger partial charge in [-0.1, -0.05) is 11.6 Å². The van der Waals surface area contributed by atoms with Crippen LogP contribution >= 0.6 is 11.6 Å². The van der Waals surface area contributed by atoms with E-state index < -0.39 is 40.9 Å². The molecule has 1 aliphatic heterocycles. The Balaban J connectivity index is 1.94. The first-order chi connectivity index (χ1) is 13.0. The Hall–Kier alpha value is -2.88. The Bertz CT molecular complexity index is 950. The number of nitrogens with zero attached hydrogens (tertiary/aromatic N) is 3. The first-order valence-corrected chi connectivity index (χ1v) is 8.37. The maximum absolute atomic E-state index is 14.8. The van der Waals surface area contributed by atoms with Gasteiger partial charge in [0.1, 0.15) is 5.82 Å². The average molecular weight is 414 g/mol. The number of halogens is 4. The monoisotopic (exact) mass is 413 g/mol. The summed E-state index contributed by atoms with van der Waals surface area (Å²) in [6, 6.07) is 0.796. The number of carbonyl (C=O) groups excluding carboxylic acids is 1. The van der Waals surface area contributed by atoms with Crippen molar-refractivity contribution in [1.82, 2.24) is 9.97 Å². The average Bonchev–Trinajstić information content (AvgIpc) is 2.60. The summed E-state index contributed by atoms with van der Waals surface area (Å²) in [4.78, 5) is 23.3. The molecule has 11 heteroatoms. The highest BCUT2D eigenvalue weighted by Gasteiger charge is 2.59. The number of amidine groups is 1. The van der Waals surface area contributed by atoms with Crippen molar-refractivity contribution < 1.29 is 22.7 Å². The van der Waals surface area contributed by atoms with Crippen molar-refractivity contribution in [1.29, 1.82) is 0 Å². The van der Waals surface area contributed by atoms with Crippen molar-refractivity contribution in [3.63, 3.8) is 0 Å². The van der Waals surface area contributed by atoms with E-state index in [0.717, 1.165) is 26.0 Å². The number of anilines is 1. The van der Waals surface area contributed by atoms with E-state index in [1.54, 1.807) is 0 Å². The third-order valence-electron chi connectivity index (χ3n) is 4.13. The quantitative estimate of drug-likeness (QED) is 0.803. The van der Waals surface area contributed by atoms with E-state index in [2.05, 4.69) is 20.3 Å². The van der Waals surface area contributed by atoms with E-state index in [1.165, 1.54) is 18.5 Å². The molecule has 148 valence electrons. The summed E-state index contributed by atoms with van der Waals surface area (Å²) in [5.74, 6) is -5.43. The van der Waals surface area contributed by atoms with Crippen molar-refractivity contribution in [2.75, 3.05) is 5.32 Å².